The number of unbranched alkanes of at least 4 members (excludes halogenated alkanes) is 1. The van der Waals surface area contributed by atoms with Crippen LogP contribution < -0.4 is 10.6 Å². The maximum absolute atomic E-state index is 3.29. The van der Waals surface area contributed by atoms with Crippen LogP contribution in [0.4, 0.5) is 0 Å². The fourth-order valence-electron chi connectivity index (χ4n) is 3.13. The van der Waals surface area contributed by atoms with E-state index >= 15 is 0 Å². The van der Waals surface area contributed by atoms with Crippen molar-refractivity contribution in [3.63, 3.8) is 0 Å². The molecule has 0 radical (unpaired) electrons. The van der Waals surface area contributed by atoms with Gasteiger partial charge < -0.3 is 25.3 Å². The highest BCUT2D eigenvalue weighted by atomic mass is 15.2. The molecule has 0 aromatic heterocycles. The number of nitrogens with one attached hydrogen (secondary N) is 2. The minimum Gasteiger partial charge on any atom is -0.318 e. The van der Waals surface area contributed by atoms with Crippen LogP contribution in [-0.4, -0.2) is 101 Å². The van der Waals surface area contributed by atoms with E-state index < -0.39 is 0 Å². The fourth-order valence-corrected chi connectivity index (χ4v) is 3.13. The Balaban J connectivity index is 4.33. The molecule has 0 fully saturated rings. The van der Waals surface area contributed by atoms with Gasteiger partial charge in [0.25, 0.3) is 0 Å². The van der Waals surface area contributed by atoms with Gasteiger partial charge in [0, 0.05) is 52.4 Å². The first kappa shape index (κ1) is 24.8. The summed E-state index contributed by atoms with van der Waals surface area (Å²) in [5.74, 6) is 0. The molecule has 0 spiro atoms. The van der Waals surface area contributed by atoms with E-state index in [1.165, 1.54) is 78.0 Å². The summed E-state index contributed by atoms with van der Waals surface area (Å²) in [6, 6.07) is 0. The molecule has 0 aliphatic heterocycles. The first-order chi connectivity index (χ1) is 12.2. The molecular weight excluding hydrogens is 310 g/mol. The van der Waals surface area contributed by atoms with E-state index in [2.05, 4.69) is 53.2 Å². The van der Waals surface area contributed by atoms with Crippen LogP contribution in [0.2, 0.25) is 0 Å². The molecule has 5 nitrogen and oxygen atoms in total. The third kappa shape index (κ3) is 14.6. The SMILES string of the molecule is CCCCN(CCNC)CCN(CCC)CCN(CCC)CCNC. The summed E-state index contributed by atoms with van der Waals surface area (Å²) in [5, 5.41) is 6.57. The fraction of sp³-hybridized carbons (Fsp3) is 1.00. The number of likely N-dealkylation sites (N-methyl/N-ethyl adjacent to an activating group) is 2. The van der Waals surface area contributed by atoms with E-state index in [0.717, 1.165) is 19.6 Å². The van der Waals surface area contributed by atoms with E-state index in [-0.39, 0.29) is 0 Å². The molecule has 0 bridgehead atoms. The maximum Gasteiger partial charge on any atom is 0.0110 e. The molecule has 25 heavy (non-hydrogen) atoms. The summed E-state index contributed by atoms with van der Waals surface area (Å²) in [6.07, 6.45) is 5.08. The van der Waals surface area contributed by atoms with Crippen molar-refractivity contribution >= 4 is 0 Å². The van der Waals surface area contributed by atoms with Crippen LogP contribution in [0.1, 0.15) is 46.5 Å². The minimum atomic E-state index is 1.09. The molecule has 0 aliphatic rings. The van der Waals surface area contributed by atoms with Gasteiger partial charge in [0.15, 0.2) is 0 Å². The molecule has 0 rings (SSSR count). The van der Waals surface area contributed by atoms with Crippen LogP contribution in [0.3, 0.4) is 0 Å². The molecule has 0 saturated heterocycles. The van der Waals surface area contributed by atoms with E-state index in [1.807, 2.05) is 7.05 Å². The quantitative estimate of drug-likeness (QED) is 0.369. The van der Waals surface area contributed by atoms with Gasteiger partial charge in [-0.25, -0.2) is 0 Å². The topological polar surface area (TPSA) is 33.8 Å². The Kier molecular flexibility index (Phi) is 18.4. The lowest BCUT2D eigenvalue weighted by molar-refractivity contribution is 0.175. The second-order valence-corrected chi connectivity index (χ2v) is 7.09. The van der Waals surface area contributed by atoms with Crippen molar-refractivity contribution in [3.05, 3.63) is 0 Å². The Morgan fingerprint density at radius 3 is 1.24 bits per heavy atom. The molecule has 0 amide bonds. The van der Waals surface area contributed by atoms with Gasteiger partial charge in [0.2, 0.25) is 0 Å². The first-order valence-corrected chi connectivity index (χ1v) is 10.7. The van der Waals surface area contributed by atoms with Gasteiger partial charge in [-0.05, 0) is 53.0 Å². The predicted molar refractivity (Wildman–Crippen MR) is 113 cm³/mol. The Labute approximate surface area is 158 Å². The molecule has 0 aromatic carbocycles. The lowest BCUT2D eigenvalue weighted by atomic mass is 10.3. The van der Waals surface area contributed by atoms with Crippen molar-refractivity contribution in [2.45, 2.75) is 46.5 Å². The van der Waals surface area contributed by atoms with Crippen molar-refractivity contribution in [1.29, 1.82) is 0 Å². The predicted octanol–water partition coefficient (Wildman–Crippen LogP) is 1.95. The Morgan fingerprint density at radius 1 is 0.480 bits per heavy atom. The van der Waals surface area contributed by atoms with E-state index in [0.29, 0.717) is 0 Å². The van der Waals surface area contributed by atoms with Crippen molar-refractivity contribution < 1.29 is 0 Å². The molecule has 0 aromatic rings. The Hall–Kier alpha value is -0.200. The summed E-state index contributed by atoms with van der Waals surface area (Å²) in [5.41, 5.74) is 0. The van der Waals surface area contributed by atoms with E-state index in [1.54, 1.807) is 0 Å². The summed E-state index contributed by atoms with van der Waals surface area (Å²) in [7, 11) is 4.10. The zero-order chi connectivity index (χ0) is 18.8. The summed E-state index contributed by atoms with van der Waals surface area (Å²) < 4.78 is 0. The standard InChI is InChI=1S/C20H47N5/c1-6-9-14-25(16-11-22-5)20-19-24(13-8-3)18-17-23(12-7-2)15-10-21-4/h21-22H,6-20H2,1-5H3. The molecule has 0 saturated carbocycles. The molecule has 0 atom stereocenters. The van der Waals surface area contributed by atoms with Gasteiger partial charge in [-0.2, -0.15) is 0 Å². The Morgan fingerprint density at radius 2 is 0.880 bits per heavy atom. The van der Waals surface area contributed by atoms with E-state index in [9.17, 15) is 0 Å². The van der Waals surface area contributed by atoms with Crippen molar-refractivity contribution in [3.8, 4) is 0 Å². The van der Waals surface area contributed by atoms with Gasteiger partial charge in [0.1, 0.15) is 0 Å². The highest BCUT2D eigenvalue weighted by Gasteiger charge is 2.10. The van der Waals surface area contributed by atoms with Gasteiger partial charge in [0.05, 0.1) is 0 Å². The molecule has 0 unspecified atom stereocenters. The minimum absolute atomic E-state index is 1.09. The summed E-state index contributed by atoms with van der Waals surface area (Å²) >= 11 is 0. The highest BCUT2D eigenvalue weighted by molar-refractivity contribution is 4.67. The average molecular weight is 358 g/mol. The smallest absolute Gasteiger partial charge is 0.0110 e. The summed E-state index contributed by atoms with van der Waals surface area (Å²) in [6.45, 7) is 19.8. The normalized spacial score (nSPS) is 12.0. The lowest BCUT2D eigenvalue weighted by Gasteiger charge is -2.30. The Bertz CT molecular complexity index is 254. The lowest BCUT2D eigenvalue weighted by Crippen LogP contribution is -2.42. The zero-order valence-corrected chi connectivity index (χ0v) is 17.9. The van der Waals surface area contributed by atoms with Gasteiger partial charge >= 0.3 is 0 Å². The monoisotopic (exact) mass is 357 g/mol. The highest BCUT2D eigenvalue weighted by Crippen LogP contribution is 2.00. The van der Waals surface area contributed by atoms with E-state index in [4.69, 9.17) is 0 Å². The number of rotatable bonds is 19. The summed E-state index contributed by atoms with van der Waals surface area (Å²) in [4.78, 5) is 7.91. The van der Waals surface area contributed by atoms with Crippen LogP contribution in [0.5, 0.6) is 0 Å². The third-order valence-electron chi connectivity index (χ3n) is 4.73. The first-order valence-electron chi connectivity index (χ1n) is 10.7. The van der Waals surface area contributed by atoms with Crippen LogP contribution in [0.25, 0.3) is 0 Å². The molecule has 0 heterocycles. The molecule has 152 valence electrons. The van der Waals surface area contributed by atoms with Crippen LogP contribution >= 0.6 is 0 Å². The van der Waals surface area contributed by atoms with Crippen LogP contribution in [-0.2, 0) is 0 Å². The van der Waals surface area contributed by atoms with Crippen molar-refractivity contribution in [1.82, 2.24) is 25.3 Å². The second-order valence-electron chi connectivity index (χ2n) is 7.09. The van der Waals surface area contributed by atoms with Crippen molar-refractivity contribution in [2.75, 3.05) is 86.1 Å². The maximum atomic E-state index is 3.29. The van der Waals surface area contributed by atoms with Crippen LogP contribution in [0, 0.1) is 0 Å². The molecule has 5 heteroatoms. The number of nitrogens with zero attached hydrogens (tertiary/aromatic N) is 3. The average Bonchev–Trinajstić information content (AvgIpc) is 2.62. The van der Waals surface area contributed by atoms with Crippen molar-refractivity contribution in [2.24, 2.45) is 0 Å². The van der Waals surface area contributed by atoms with Gasteiger partial charge in [-0.15, -0.1) is 0 Å². The second kappa shape index (κ2) is 18.6. The van der Waals surface area contributed by atoms with Gasteiger partial charge in [-0.3, -0.25) is 0 Å². The van der Waals surface area contributed by atoms with Gasteiger partial charge in [-0.1, -0.05) is 27.2 Å². The molecular formula is C20H47N5. The van der Waals surface area contributed by atoms with Crippen LogP contribution in [0.15, 0.2) is 0 Å². The molecule has 2 N–H and O–H groups in total. The number of hydrogen-bond donors (Lipinski definition) is 2. The largest absolute Gasteiger partial charge is 0.318 e. The number of hydrogen-bond acceptors (Lipinski definition) is 5. The third-order valence-corrected chi connectivity index (χ3v) is 4.73. The molecule has 0 aliphatic carbocycles. The zero-order valence-electron chi connectivity index (χ0n) is 17.9.